The Bertz CT molecular complexity index is 1020. The molecule has 0 aliphatic heterocycles. The molecule has 7 heteroatoms. The van der Waals surface area contributed by atoms with Crippen LogP contribution in [0.1, 0.15) is 5.76 Å². The van der Waals surface area contributed by atoms with Gasteiger partial charge < -0.3 is 9.73 Å². The van der Waals surface area contributed by atoms with Crippen LogP contribution in [0.3, 0.4) is 0 Å². The van der Waals surface area contributed by atoms with Crippen LogP contribution in [0.2, 0.25) is 0 Å². The zero-order valence-corrected chi connectivity index (χ0v) is 14.2. The molecule has 2 N–H and O–H groups in total. The van der Waals surface area contributed by atoms with Crippen molar-refractivity contribution in [2.45, 2.75) is 0 Å². The summed E-state index contributed by atoms with van der Waals surface area (Å²) < 4.78 is 30.7. The maximum atomic E-state index is 12.1. The third kappa shape index (κ3) is 4.48. The Morgan fingerprint density at radius 3 is 2.44 bits per heavy atom. The van der Waals surface area contributed by atoms with E-state index in [1.807, 2.05) is 30.3 Å². The number of fused-ring (bicyclic) bond motifs is 1. The molecule has 1 amide bonds. The van der Waals surface area contributed by atoms with Crippen LogP contribution in [0, 0.1) is 0 Å². The first kappa shape index (κ1) is 16.8. The highest BCUT2D eigenvalue weighted by atomic mass is 32.2. The quantitative estimate of drug-likeness (QED) is 0.685. The first-order chi connectivity index (χ1) is 11.9. The molecule has 1 aromatic heterocycles. The van der Waals surface area contributed by atoms with Gasteiger partial charge >= 0.3 is 0 Å². The number of benzene rings is 2. The van der Waals surface area contributed by atoms with E-state index in [2.05, 4.69) is 10.0 Å². The number of anilines is 2. The molecule has 0 aliphatic carbocycles. The van der Waals surface area contributed by atoms with Crippen LogP contribution >= 0.6 is 0 Å². The van der Waals surface area contributed by atoms with Gasteiger partial charge in [0, 0.05) is 11.5 Å². The van der Waals surface area contributed by atoms with Gasteiger partial charge in [-0.1, -0.05) is 30.3 Å². The molecule has 128 valence electrons. The predicted molar refractivity (Wildman–Crippen MR) is 98.8 cm³/mol. The SMILES string of the molecule is CS(=O)(=O)Nc1ccccc1NC(=O)/C=C/c1cc2ccccc2o1. The Morgan fingerprint density at radius 1 is 1.04 bits per heavy atom. The lowest BCUT2D eigenvalue weighted by Gasteiger charge is -2.10. The zero-order chi connectivity index (χ0) is 17.9. The standard InChI is InChI=1S/C18H16N2O4S/c1-25(22,23)20-16-8-4-3-7-15(16)19-18(21)11-10-14-12-13-6-2-5-9-17(13)24-14/h2-12,20H,1H3,(H,19,21)/b11-10+. The summed E-state index contributed by atoms with van der Waals surface area (Å²) in [6, 6.07) is 15.9. The summed E-state index contributed by atoms with van der Waals surface area (Å²) in [7, 11) is -3.44. The fraction of sp³-hybridized carbons (Fsp3) is 0.0556. The van der Waals surface area contributed by atoms with Gasteiger partial charge in [-0.05, 0) is 30.3 Å². The van der Waals surface area contributed by atoms with Crippen molar-refractivity contribution < 1.29 is 17.6 Å². The van der Waals surface area contributed by atoms with E-state index in [0.29, 0.717) is 17.1 Å². The van der Waals surface area contributed by atoms with Gasteiger partial charge in [-0.25, -0.2) is 8.42 Å². The molecule has 0 saturated carbocycles. The monoisotopic (exact) mass is 356 g/mol. The molecular formula is C18H16N2O4S. The maximum absolute atomic E-state index is 12.1. The lowest BCUT2D eigenvalue weighted by Crippen LogP contribution is -2.14. The Morgan fingerprint density at radius 2 is 1.72 bits per heavy atom. The van der Waals surface area contributed by atoms with Gasteiger partial charge in [-0.3, -0.25) is 9.52 Å². The van der Waals surface area contributed by atoms with Gasteiger partial charge in [0.2, 0.25) is 15.9 Å². The van der Waals surface area contributed by atoms with Gasteiger partial charge in [0.25, 0.3) is 0 Å². The summed E-state index contributed by atoms with van der Waals surface area (Å²) in [5, 5.41) is 3.59. The van der Waals surface area contributed by atoms with Gasteiger partial charge in [0.15, 0.2) is 0 Å². The van der Waals surface area contributed by atoms with E-state index in [9.17, 15) is 13.2 Å². The lowest BCUT2D eigenvalue weighted by molar-refractivity contribution is -0.111. The van der Waals surface area contributed by atoms with Crippen LogP contribution in [0.15, 0.2) is 65.1 Å². The fourth-order valence-corrected chi connectivity index (χ4v) is 2.88. The highest BCUT2D eigenvalue weighted by molar-refractivity contribution is 7.92. The van der Waals surface area contributed by atoms with Crippen molar-refractivity contribution in [2.75, 3.05) is 16.3 Å². The molecule has 25 heavy (non-hydrogen) atoms. The Hall–Kier alpha value is -3.06. The van der Waals surface area contributed by atoms with E-state index < -0.39 is 15.9 Å². The summed E-state index contributed by atoms with van der Waals surface area (Å²) in [6.45, 7) is 0. The second-order valence-electron chi connectivity index (χ2n) is 5.43. The number of carbonyl (C=O) groups is 1. The fourth-order valence-electron chi connectivity index (χ4n) is 2.30. The normalized spacial score (nSPS) is 11.7. The van der Waals surface area contributed by atoms with E-state index in [0.717, 1.165) is 17.2 Å². The molecule has 0 unspecified atom stereocenters. The Balaban J connectivity index is 1.74. The molecule has 2 aromatic carbocycles. The molecule has 0 fully saturated rings. The number of amides is 1. The van der Waals surface area contributed by atoms with Gasteiger partial charge in [0.1, 0.15) is 11.3 Å². The molecule has 0 bridgehead atoms. The highest BCUT2D eigenvalue weighted by Gasteiger charge is 2.08. The predicted octanol–water partition coefficient (Wildman–Crippen LogP) is 3.46. The third-order valence-electron chi connectivity index (χ3n) is 3.32. The van der Waals surface area contributed by atoms with Crippen LogP contribution in [0.25, 0.3) is 17.0 Å². The van der Waals surface area contributed by atoms with Crippen molar-refractivity contribution in [3.05, 3.63) is 66.4 Å². The van der Waals surface area contributed by atoms with Gasteiger partial charge in [-0.2, -0.15) is 0 Å². The molecule has 6 nitrogen and oxygen atoms in total. The summed E-state index contributed by atoms with van der Waals surface area (Å²) in [4.78, 5) is 12.1. The summed E-state index contributed by atoms with van der Waals surface area (Å²) >= 11 is 0. The van der Waals surface area contributed by atoms with Crippen molar-refractivity contribution in [1.29, 1.82) is 0 Å². The Labute approximate surface area is 145 Å². The largest absolute Gasteiger partial charge is 0.457 e. The van der Waals surface area contributed by atoms with E-state index in [1.54, 1.807) is 30.3 Å². The molecule has 3 aromatic rings. The molecule has 3 rings (SSSR count). The average Bonchev–Trinajstić information content (AvgIpc) is 2.96. The second kappa shape index (κ2) is 6.82. The number of furan rings is 1. The molecule has 0 radical (unpaired) electrons. The molecule has 0 aliphatic rings. The number of hydrogen-bond donors (Lipinski definition) is 2. The smallest absolute Gasteiger partial charge is 0.248 e. The molecular weight excluding hydrogens is 340 g/mol. The zero-order valence-electron chi connectivity index (χ0n) is 13.4. The molecule has 0 spiro atoms. The number of sulfonamides is 1. The van der Waals surface area contributed by atoms with Crippen LogP contribution in [-0.2, 0) is 14.8 Å². The van der Waals surface area contributed by atoms with E-state index >= 15 is 0 Å². The number of para-hydroxylation sites is 3. The lowest BCUT2D eigenvalue weighted by atomic mass is 10.2. The van der Waals surface area contributed by atoms with Crippen molar-refractivity contribution in [2.24, 2.45) is 0 Å². The molecule has 1 heterocycles. The number of carbonyl (C=O) groups excluding carboxylic acids is 1. The van der Waals surface area contributed by atoms with E-state index in [-0.39, 0.29) is 0 Å². The number of hydrogen-bond acceptors (Lipinski definition) is 4. The van der Waals surface area contributed by atoms with E-state index in [1.165, 1.54) is 6.08 Å². The minimum absolute atomic E-state index is 0.301. The average molecular weight is 356 g/mol. The third-order valence-corrected chi connectivity index (χ3v) is 3.91. The van der Waals surface area contributed by atoms with Crippen LogP contribution in [-0.4, -0.2) is 20.6 Å². The summed E-state index contributed by atoms with van der Waals surface area (Å²) in [6.07, 6.45) is 3.93. The topological polar surface area (TPSA) is 88.4 Å². The van der Waals surface area contributed by atoms with Crippen LogP contribution < -0.4 is 10.0 Å². The number of rotatable bonds is 5. The molecule has 0 atom stereocenters. The van der Waals surface area contributed by atoms with Gasteiger partial charge in [0.05, 0.1) is 17.6 Å². The van der Waals surface area contributed by atoms with Crippen LogP contribution in [0.5, 0.6) is 0 Å². The van der Waals surface area contributed by atoms with E-state index in [4.69, 9.17) is 4.42 Å². The van der Waals surface area contributed by atoms with Crippen molar-refractivity contribution in [1.82, 2.24) is 0 Å². The van der Waals surface area contributed by atoms with Crippen LogP contribution in [0.4, 0.5) is 11.4 Å². The maximum Gasteiger partial charge on any atom is 0.248 e. The van der Waals surface area contributed by atoms with Crippen molar-refractivity contribution >= 4 is 44.4 Å². The first-order valence-electron chi connectivity index (χ1n) is 7.45. The summed E-state index contributed by atoms with van der Waals surface area (Å²) in [5.41, 5.74) is 1.41. The van der Waals surface area contributed by atoms with Crippen molar-refractivity contribution in [3.8, 4) is 0 Å². The number of nitrogens with one attached hydrogen (secondary N) is 2. The Kier molecular flexibility index (Phi) is 4.58. The summed E-state index contributed by atoms with van der Waals surface area (Å²) in [5.74, 6) is 0.155. The molecule has 0 saturated heterocycles. The minimum Gasteiger partial charge on any atom is -0.457 e. The van der Waals surface area contributed by atoms with Crippen molar-refractivity contribution in [3.63, 3.8) is 0 Å². The highest BCUT2D eigenvalue weighted by Crippen LogP contribution is 2.22. The first-order valence-corrected chi connectivity index (χ1v) is 9.34. The second-order valence-corrected chi connectivity index (χ2v) is 7.18. The minimum atomic E-state index is -3.44. The van der Waals surface area contributed by atoms with Gasteiger partial charge in [-0.15, -0.1) is 0 Å².